The van der Waals surface area contributed by atoms with Crippen molar-refractivity contribution in [2.45, 2.75) is 32.1 Å². The topological polar surface area (TPSA) is 74.8 Å². The zero-order chi connectivity index (χ0) is 13.4. The number of fused-ring (bicyclic) bond motifs is 1. The van der Waals surface area contributed by atoms with Crippen LogP contribution >= 0.6 is 0 Å². The maximum absolute atomic E-state index is 11.9. The van der Waals surface area contributed by atoms with E-state index in [4.69, 9.17) is 0 Å². The van der Waals surface area contributed by atoms with Crippen LogP contribution in [0.15, 0.2) is 18.2 Å². The third-order valence-electron chi connectivity index (χ3n) is 3.67. The molecule has 1 unspecified atom stereocenters. The summed E-state index contributed by atoms with van der Waals surface area (Å²) in [4.78, 5) is 23.1. The third kappa shape index (κ3) is 1.91. The van der Waals surface area contributed by atoms with Gasteiger partial charge in [-0.15, -0.1) is 0 Å². The number of carbonyl (C=O) groups excluding carboxylic acids is 2. The van der Waals surface area contributed by atoms with Crippen molar-refractivity contribution in [2.24, 2.45) is 0 Å². The van der Waals surface area contributed by atoms with E-state index in [-0.39, 0.29) is 17.7 Å². The molecule has 19 heavy (non-hydrogen) atoms. The van der Waals surface area contributed by atoms with Gasteiger partial charge in [-0.3, -0.25) is 20.0 Å². The predicted molar refractivity (Wildman–Crippen MR) is 70.6 cm³/mol. The number of rotatable bonds is 2. The molecule has 2 amide bonds. The molecular formula is C14H15N3O2. The van der Waals surface area contributed by atoms with Gasteiger partial charge in [-0.2, -0.15) is 5.10 Å². The molecule has 0 saturated carbocycles. The molecule has 2 N–H and O–H groups in total. The third-order valence-corrected chi connectivity index (χ3v) is 3.67. The molecule has 5 heteroatoms. The van der Waals surface area contributed by atoms with Crippen LogP contribution in [0.2, 0.25) is 0 Å². The molecule has 1 aromatic heterocycles. The van der Waals surface area contributed by atoms with Gasteiger partial charge < -0.3 is 0 Å². The first kappa shape index (κ1) is 11.9. The molecular weight excluding hydrogens is 242 g/mol. The number of nitrogens with one attached hydrogen (secondary N) is 2. The van der Waals surface area contributed by atoms with Gasteiger partial charge in [0.1, 0.15) is 0 Å². The zero-order valence-electron chi connectivity index (χ0n) is 10.7. The van der Waals surface area contributed by atoms with Crippen molar-refractivity contribution in [3.63, 3.8) is 0 Å². The van der Waals surface area contributed by atoms with E-state index in [0.717, 1.165) is 28.6 Å². The number of hydrogen-bond donors (Lipinski definition) is 2. The number of aromatic amines is 1. The summed E-state index contributed by atoms with van der Waals surface area (Å²) in [6.07, 6.45) is 1.82. The number of nitrogens with zero attached hydrogens (tertiary/aromatic N) is 1. The van der Waals surface area contributed by atoms with Gasteiger partial charge in [0, 0.05) is 11.8 Å². The van der Waals surface area contributed by atoms with E-state index in [2.05, 4.69) is 22.4 Å². The van der Waals surface area contributed by atoms with E-state index in [1.807, 2.05) is 18.2 Å². The minimum Gasteiger partial charge on any atom is -0.296 e. The normalized spacial score (nSPS) is 19.7. The molecule has 1 fully saturated rings. The highest BCUT2D eigenvalue weighted by molar-refractivity contribution is 6.02. The monoisotopic (exact) mass is 257 g/mol. The highest BCUT2D eigenvalue weighted by Gasteiger charge is 2.30. The fraction of sp³-hybridized carbons (Fsp3) is 0.357. The van der Waals surface area contributed by atoms with Gasteiger partial charge in [-0.25, -0.2) is 0 Å². The molecule has 1 saturated heterocycles. The SMILES string of the molecule is CCc1cccc2c(C3CCC(=O)NC3=O)[nH]nc12. The van der Waals surface area contributed by atoms with Gasteiger partial charge >= 0.3 is 0 Å². The maximum Gasteiger partial charge on any atom is 0.235 e. The fourth-order valence-corrected chi connectivity index (χ4v) is 2.64. The average molecular weight is 257 g/mol. The molecule has 1 atom stereocenters. The number of imide groups is 1. The fourth-order valence-electron chi connectivity index (χ4n) is 2.64. The molecule has 5 nitrogen and oxygen atoms in total. The van der Waals surface area contributed by atoms with Crippen LogP contribution in [0.25, 0.3) is 10.9 Å². The molecule has 0 bridgehead atoms. The summed E-state index contributed by atoms with van der Waals surface area (Å²) < 4.78 is 0. The van der Waals surface area contributed by atoms with E-state index in [9.17, 15) is 9.59 Å². The number of aromatic nitrogens is 2. The van der Waals surface area contributed by atoms with E-state index in [1.54, 1.807) is 0 Å². The van der Waals surface area contributed by atoms with Gasteiger partial charge in [0.15, 0.2) is 0 Å². The van der Waals surface area contributed by atoms with Crippen LogP contribution in [-0.4, -0.2) is 22.0 Å². The maximum atomic E-state index is 11.9. The molecule has 2 aromatic rings. The lowest BCUT2D eigenvalue weighted by Gasteiger charge is -2.19. The Balaban J connectivity index is 2.06. The number of amides is 2. The lowest BCUT2D eigenvalue weighted by molar-refractivity contribution is -0.134. The second kappa shape index (κ2) is 4.50. The van der Waals surface area contributed by atoms with Gasteiger partial charge in [0.2, 0.25) is 11.8 Å². The molecule has 0 aliphatic carbocycles. The summed E-state index contributed by atoms with van der Waals surface area (Å²) in [5.74, 6) is -0.738. The quantitative estimate of drug-likeness (QED) is 0.803. The summed E-state index contributed by atoms with van der Waals surface area (Å²) in [5.41, 5.74) is 2.90. The van der Waals surface area contributed by atoms with Crippen molar-refractivity contribution >= 4 is 22.7 Å². The van der Waals surface area contributed by atoms with Crippen molar-refractivity contribution in [1.29, 1.82) is 0 Å². The summed E-state index contributed by atoms with van der Waals surface area (Å²) in [7, 11) is 0. The molecule has 3 rings (SSSR count). The van der Waals surface area contributed by atoms with Crippen LogP contribution in [0.3, 0.4) is 0 Å². The molecule has 1 aromatic carbocycles. The van der Waals surface area contributed by atoms with Crippen LogP contribution in [0.5, 0.6) is 0 Å². The minimum absolute atomic E-state index is 0.195. The number of para-hydroxylation sites is 1. The second-order valence-corrected chi connectivity index (χ2v) is 4.81. The molecule has 0 spiro atoms. The largest absolute Gasteiger partial charge is 0.296 e. The van der Waals surface area contributed by atoms with Gasteiger partial charge in [0.25, 0.3) is 0 Å². The highest BCUT2D eigenvalue weighted by Crippen LogP contribution is 2.30. The van der Waals surface area contributed by atoms with Crippen LogP contribution in [0.1, 0.15) is 36.9 Å². The molecule has 2 heterocycles. The Bertz CT molecular complexity index is 660. The molecule has 1 aliphatic heterocycles. The van der Waals surface area contributed by atoms with Gasteiger partial charge in [-0.1, -0.05) is 25.1 Å². The summed E-state index contributed by atoms with van der Waals surface area (Å²) >= 11 is 0. The Morgan fingerprint density at radius 1 is 1.37 bits per heavy atom. The number of hydrogen-bond acceptors (Lipinski definition) is 3. The number of carbonyl (C=O) groups is 2. The lowest BCUT2D eigenvalue weighted by Crippen LogP contribution is -2.39. The Kier molecular flexibility index (Phi) is 2.81. The van der Waals surface area contributed by atoms with Crippen molar-refractivity contribution in [2.75, 3.05) is 0 Å². The minimum atomic E-state index is -0.310. The van der Waals surface area contributed by atoms with E-state index in [0.29, 0.717) is 12.8 Å². The van der Waals surface area contributed by atoms with E-state index >= 15 is 0 Å². The van der Waals surface area contributed by atoms with Gasteiger partial charge in [-0.05, 0) is 18.4 Å². The van der Waals surface area contributed by atoms with E-state index < -0.39 is 0 Å². The van der Waals surface area contributed by atoms with E-state index in [1.165, 1.54) is 0 Å². The van der Waals surface area contributed by atoms with Crippen molar-refractivity contribution < 1.29 is 9.59 Å². The average Bonchev–Trinajstić information content (AvgIpc) is 2.82. The summed E-state index contributed by atoms with van der Waals surface area (Å²) in [5, 5.41) is 10.7. The Morgan fingerprint density at radius 3 is 2.95 bits per heavy atom. The van der Waals surface area contributed by atoms with Crippen molar-refractivity contribution in [3.8, 4) is 0 Å². The number of benzene rings is 1. The summed E-state index contributed by atoms with van der Waals surface area (Å²) in [6.45, 7) is 2.08. The standard InChI is InChI=1S/C14H15N3O2/c1-2-8-4-3-5-9-12(8)16-17-13(9)10-6-7-11(18)15-14(10)19/h3-5,10H,2,6-7H2,1H3,(H,16,17)(H,15,18,19). The zero-order valence-corrected chi connectivity index (χ0v) is 10.7. The smallest absolute Gasteiger partial charge is 0.235 e. The second-order valence-electron chi connectivity index (χ2n) is 4.81. The molecule has 1 aliphatic rings. The first-order chi connectivity index (χ1) is 9.20. The number of piperidine rings is 1. The molecule has 0 radical (unpaired) electrons. The van der Waals surface area contributed by atoms with Crippen LogP contribution in [0.4, 0.5) is 0 Å². The number of aryl methyl sites for hydroxylation is 1. The number of H-pyrrole nitrogens is 1. The Morgan fingerprint density at radius 2 is 2.21 bits per heavy atom. The van der Waals surface area contributed by atoms with Crippen molar-refractivity contribution in [1.82, 2.24) is 15.5 Å². The molecule has 98 valence electrons. The Hall–Kier alpha value is -2.17. The predicted octanol–water partition coefficient (Wildman–Crippen LogP) is 1.65. The highest BCUT2D eigenvalue weighted by atomic mass is 16.2. The first-order valence-corrected chi connectivity index (χ1v) is 6.50. The first-order valence-electron chi connectivity index (χ1n) is 6.50. The summed E-state index contributed by atoms with van der Waals surface area (Å²) in [6, 6.07) is 5.99. The Labute approximate surface area is 110 Å². The van der Waals surface area contributed by atoms with Crippen LogP contribution in [-0.2, 0) is 16.0 Å². The van der Waals surface area contributed by atoms with Crippen LogP contribution in [0, 0.1) is 0 Å². The van der Waals surface area contributed by atoms with Crippen molar-refractivity contribution in [3.05, 3.63) is 29.5 Å². The lowest BCUT2D eigenvalue weighted by atomic mass is 9.92. The van der Waals surface area contributed by atoms with Gasteiger partial charge in [0.05, 0.1) is 17.1 Å². The van der Waals surface area contributed by atoms with Crippen LogP contribution < -0.4 is 5.32 Å².